The molecule has 2 aromatic heterocycles. The van der Waals surface area contributed by atoms with Gasteiger partial charge in [0.05, 0.1) is 10.2 Å². The zero-order chi connectivity index (χ0) is 13.4. The molecule has 5 nitrogen and oxygen atoms in total. The summed E-state index contributed by atoms with van der Waals surface area (Å²) in [4.78, 5) is 18.5. The van der Waals surface area contributed by atoms with E-state index in [0.29, 0.717) is 16.0 Å². The van der Waals surface area contributed by atoms with Gasteiger partial charge in [0.1, 0.15) is 10.9 Å². The lowest BCUT2D eigenvalue weighted by Gasteiger charge is -1.98. The average Bonchev–Trinajstić information content (AvgIpc) is 2.57. The Morgan fingerprint density at radius 2 is 2.26 bits per heavy atom. The Morgan fingerprint density at radius 3 is 3.05 bits per heavy atom. The summed E-state index contributed by atoms with van der Waals surface area (Å²) in [7, 11) is 2.91. The highest BCUT2D eigenvalue weighted by Gasteiger charge is 2.11. The summed E-state index contributed by atoms with van der Waals surface area (Å²) >= 11 is 0. The maximum absolute atomic E-state index is 11.1. The molecule has 0 atom stereocenters. The van der Waals surface area contributed by atoms with E-state index in [1.807, 2.05) is 18.2 Å². The van der Waals surface area contributed by atoms with Crippen LogP contribution >= 0.6 is 20.7 Å². The first-order valence-electron chi connectivity index (χ1n) is 5.55. The molecule has 3 aromatic rings. The lowest BCUT2D eigenvalue weighted by atomic mass is 10.4. The number of amides is 1. The van der Waals surface area contributed by atoms with E-state index in [1.165, 1.54) is 27.6 Å². The minimum Gasteiger partial charge on any atom is -0.359 e. The Labute approximate surface area is 115 Å². The molecule has 0 fully saturated rings. The number of aromatic nitrogens is 2. The van der Waals surface area contributed by atoms with Gasteiger partial charge in [-0.15, -0.1) is 0 Å². The summed E-state index contributed by atoms with van der Waals surface area (Å²) in [6.07, 6.45) is 1.79. The Kier molecular flexibility index (Phi) is 2.92. The minimum absolute atomic E-state index is 0.157. The van der Waals surface area contributed by atoms with Crippen molar-refractivity contribution < 1.29 is 4.79 Å². The molecular weight excluding hydrogens is 280 g/mol. The van der Waals surface area contributed by atoms with E-state index in [9.17, 15) is 4.79 Å². The van der Waals surface area contributed by atoms with Crippen molar-refractivity contribution in [2.45, 2.75) is 6.92 Å². The number of H-pyrrole nitrogens is 1. The maximum Gasteiger partial charge on any atom is 0.223 e. The number of hydrogen-bond acceptors (Lipinski definition) is 5. The molecule has 0 saturated heterocycles. The van der Waals surface area contributed by atoms with Crippen LogP contribution < -0.4 is 10.7 Å². The smallest absolute Gasteiger partial charge is 0.223 e. The fourth-order valence-electron chi connectivity index (χ4n) is 1.85. The molecule has 1 amide bonds. The molecule has 0 spiro atoms. The van der Waals surface area contributed by atoms with E-state index in [4.69, 9.17) is 5.41 Å². The van der Waals surface area contributed by atoms with Crippen molar-refractivity contribution in [1.82, 2.24) is 9.97 Å². The molecule has 3 N–H and O–H groups in total. The fourth-order valence-corrected chi connectivity index (χ4v) is 4.04. The maximum atomic E-state index is 11.1. The van der Waals surface area contributed by atoms with Gasteiger partial charge in [-0.05, 0) is 16.4 Å². The number of anilines is 1. The van der Waals surface area contributed by atoms with Crippen LogP contribution in [0.25, 0.3) is 21.1 Å². The summed E-state index contributed by atoms with van der Waals surface area (Å²) in [5.41, 5.74) is 1.38. The Morgan fingerprint density at radius 1 is 1.42 bits per heavy atom. The summed E-state index contributed by atoms with van der Waals surface area (Å²) < 4.78 is 0.964. The van der Waals surface area contributed by atoms with E-state index in [1.54, 1.807) is 6.20 Å². The summed E-state index contributed by atoms with van der Waals surface area (Å²) in [5, 5.41) is 12.7. The minimum atomic E-state index is -0.157. The second kappa shape index (κ2) is 4.60. The molecule has 0 radical (unpaired) electrons. The molecule has 1 aromatic carbocycles. The molecular formula is C12H10N4OS2. The van der Waals surface area contributed by atoms with Crippen LogP contribution in [0.3, 0.4) is 0 Å². The second-order valence-electron chi connectivity index (χ2n) is 3.97. The zero-order valence-electron chi connectivity index (χ0n) is 9.98. The van der Waals surface area contributed by atoms with Crippen molar-refractivity contribution in [1.29, 1.82) is 5.41 Å². The molecule has 2 heterocycles. The quantitative estimate of drug-likeness (QED) is 0.602. The first-order valence-corrected chi connectivity index (χ1v) is 7.70. The molecule has 3 rings (SSSR count). The van der Waals surface area contributed by atoms with Gasteiger partial charge in [0.15, 0.2) is 5.13 Å². The van der Waals surface area contributed by atoms with Gasteiger partial charge in [-0.2, -0.15) is 0 Å². The molecule has 0 saturated carbocycles. The lowest BCUT2D eigenvalue weighted by molar-refractivity contribution is -0.114. The highest BCUT2D eigenvalue weighted by Crippen LogP contribution is 2.30. The van der Waals surface area contributed by atoms with Crippen LogP contribution in [-0.4, -0.2) is 15.9 Å². The van der Waals surface area contributed by atoms with Gasteiger partial charge in [-0.3, -0.25) is 10.2 Å². The van der Waals surface area contributed by atoms with Crippen molar-refractivity contribution in [3.05, 3.63) is 29.8 Å². The van der Waals surface area contributed by atoms with Crippen molar-refractivity contribution in [2.75, 3.05) is 5.32 Å². The van der Waals surface area contributed by atoms with Gasteiger partial charge in [0.2, 0.25) is 5.91 Å². The highest BCUT2D eigenvalue weighted by atomic mass is 32.9. The third-order valence-corrected chi connectivity index (χ3v) is 4.85. The Hall–Kier alpha value is -1.99. The van der Waals surface area contributed by atoms with E-state index in [2.05, 4.69) is 15.3 Å². The largest absolute Gasteiger partial charge is 0.359 e. The molecule has 0 aliphatic carbocycles. The van der Waals surface area contributed by atoms with Gasteiger partial charge in [0, 0.05) is 18.5 Å². The summed E-state index contributed by atoms with van der Waals surface area (Å²) in [6.45, 7) is 1.44. The first-order chi connectivity index (χ1) is 9.16. The molecule has 0 aliphatic rings. The third-order valence-electron chi connectivity index (χ3n) is 2.61. The lowest BCUT2D eigenvalue weighted by Crippen LogP contribution is -2.07. The number of nitrogens with one attached hydrogen (secondary N) is 3. The normalized spacial score (nSPS) is 10.8. The molecule has 0 unspecified atom stereocenters. The number of carbonyl (C=O) groups excluding carboxylic acids is 1. The number of rotatable bonds is 1. The Bertz CT molecular complexity index is 859. The molecule has 96 valence electrons. The SMILES string of the molecule is CC(=O)Nc1nc2c(=N)c3[nH]ccccc3c2ss1. The standard InChI is InChI=1S/C12H10N4OS2/c1-6(17)15-12-16-10-8(13)9-7(11(10)18-19-12)4-2-3-5-14-9/h2-5,13-14H,1H3,(H,15,16,17). The summed E-state index contributed by atoms with van der Waals surface area (Å²) in [5.74, 6) is -0.157. The van der Waals surface area contributed by atoms with Crippen molar-refractivity contribution in [2.24, 2.45) is 0 Å². The number of aromatic amines is 1. The third kappa shape index (κ3) is 2.06. The van der Waals surface area contributed by atoms with Gasteiger partial charge in [0.25, 0.3) is 0 Å². The zero-order valence-corrected chi connectivity index (χ0v) is 11.6. The molecule has 19 heavy (non-hydrogen) atoms. The van der Waals surface area contributed by atoms with Crippen LogP contribution in [0.2, 0.25) is 0 Å². The molecule has 0 aliphatic heterocycles. The van der Waals surface area contributed by atoms with E-state index in [-0.39, 0.29) is 5.91 Å². The predicted octanol–water partition coefficient (Wildman–Crippen LogP) is 2.84. The van der Waals surface area contributed by atoms with Gasteiger partial charge in [-0.1, -0.05) is 22.5 Å². The van der Waals surface area contributed by atoms with E-state index in [0.717, 1.165) is 15.6 Å². The van der Waals surface area contributed by atoms with Crippen LogP contribution in [0.5, 0.6) is 0 Å². The number of nitrogens with zero attached hydrogens (tertiary/aromatic N) is 1. The van der Waals surface area contributed by atoms with Gasteiger partial charge < -0.3 is 10.3 Å². The van der Waals surface area contributed by atoms with Crippen molar-refractivity contribution >= 4 is 52.8 Å². The first kappa shape index (κ1) is 12.1. The van der Waals surface area contributed by atoms with Crippen LogP contribution in [0.1, 0.15) is 6.92 Å². The van der Waals surface area contributed by atoms with Crippen molar-refractivity contribution in [3.63, 3.8) is 0 Å². The number of hydrogen-bond donors (Lipinski definition) is 3. The van der Waals surface area contributed by atoms with Gasteiger partial charge >= 0.3 is 0 Å². The van der Waals surface area contributed by atoms with Crippen LogP contribution in [0.15, 0.2) is 24.4 Å². The second-order valence-corrected chi connectivity index (χ2v) is 6.10. The highest BCUT2D eigenvalue weighted by molar-refractivity contribution is 7.73. The van der Waals surface area contributed by atoms with E-state index >= 15 is 0 Å². The average molecular weight is 290 g/mol. The summed E-state index contributed by atoms with van der Waals surface area (Å²) in [6, 6.07) is 5.78. The number of fused-ring (bicyclic) bond motifs is 3. The predicted molar refractivity (Wildman–Crippen MR) is 78.3 cm³/mol. The monoisotopic (exact) mass is 290 g/mol. The van der Waals surface area contributed by atoms with Crippen LogP contribution in [-0.2, 0) is 4.79 Å². The van der Waals surface area contributed by atoms with Gasteiger partial charge in [-0.25, -0.2) is 4.98 Å². The number of carbonyl (C=O) groups is 1. The molecule has 7 heteroatoms. The van der Waals surface area contributed by atoms with Crippen molar-refractivity contribution in [3.8, 4) is 0 Å². The van der Waals surface area contributed by atoms with Crippen LogP contribution in [0, 0.1) is 5.41 Å². The Balaban J connectivity index is 2.37. The molecule has 0 bridgehead atoms. The van der Waals surface area contributed by atoms with Crippen LogP contribution in [0.4, 0.5) is 5.13 Å². The van der Waals surface area contributed by atoms with E-state index < -0.39 is 0 Å². The fraction of sp³-hybridized carbons (Fsp3) is 0.0833. The topological polar surface area (TPSA) is 81.6 Å².